The normalized spacial score (nSPS) is 11.1. The number of hydrogen-bond acceptors (Lipinski definition) is 3. The standard InChI is InChI=1S/C9H15ClN2S/c1-3-7(4-2)9-12-11-8(13-9)5-6-10/h7H,3-6H2,1-2H3. The second kappa shape index (κ2) is 5.55. The fourth-order valence-corrected chi connectivity index (χ4v) is 2.65. The first-order valence-corrected chi connectivity index (χ1v) is 6.05. The molecule has 1 aromatic heterocycles. The van der Waals surface area contributed by atoms with Crippen LogP contribution in [0.15, 0.2) is 0 Å². The van der Waals surface area contributed by atoms with Crippen molar-refractivity contribution in [3.63, 3.8) is 0 Å². The lowest BCUT2D eigenvalue weighted by atomic mass is 10.1. The summed E-state index contributed by atoms with van der Waals surface area (Å²) in [5.74, 6) is 1.22. The molecule has 0 amide bonds. The van der Waals surface area contributed by atoms with E-state index in [4.69, 9.17) is 11.6 Å². The highest BCUT2D eigenvalue weighted by molar-refractivity contribution is 7.11. The lowest BCUT2D eigenvalue weighted by Crippen LogP contribution is -1.93. The molecule has 0 spiro atoms. The minimum Gasteiger partial charge on any atom is -0.144 e. The minimum absolute atomic E-state index is 0.585. The van der Waals surface area contributed by atoms with E-state index in [2.05, 4.69) is 24.0 Å². The third-order valence-electron chi connectivity index (χ3n) is 2.13. The van der Waals surface area contributed by atoms with Crippen molar-refractivity contribution in [2.75, 3.05) is 5.88 Å². The van der Waals surface area contributed by atoms with Crippen LogP contribution >= 0.6 is 22.9 Å². The second-order valence-corrected chi connectivity index (χ2v) is 4.46. The van der Waals surface area contributed by atoms with Gasteiger partial charge in [-0.05, 0) is 12.8 Å². The summed E-state index contributed by atoms with van der Waals surface area (Å²) in [5, 5.41) is 10.5. The number of nitrogens with zero attached hydrogens (tertiary/aromatic N) is 2. The van der Waals surface area contributed by atoms with Gasteiger partial charge in [-0.25, -0.2) is 0 Å². The number of rotatable bonds is 5. The molecule has 0 saturated carbocycles. The van der Waals surface area contributed by atoms with Gasteiger partial charge in [0.05, 0.1) is 0 Å². The molecule has 1 rings (SSSR count). The Bertz CT molecular complexity index is 246. The Kier molecular flexibility index (Phi) is 4.67. The van der Waals surface area contributed by atoms with E-state index in [1.54, 1.807) is 11.3 Å². The second-order valence-electron chi connectivity index (χ2n) is 2.99. The number of halogens is 1. The number of hydrogen-bond donors (Lipinski definition) is 0. The Hall–Kier alpha value is -0.150. The summed E-state index contributed by atoms with van der Waals surface area (Å²) in [6.45, 7) is 4.38. The first kappa shape index (κ1) is 10.9. The average Bonchev–Trinajstić information content (AvgIpc) is 2.56. The van der Waals surface area contributed by atoms with Gasteiger partial charge < -0.3 is 0 Å². The van der Waals surface area contributed by atoms with Crippen molar-refractivity contribution < 1.29 is 0 Å². The van der Waals surface area contributed by atoms with E-state index >= 15 is 0 Å². The van der Waals surface area contributed by atoms with E-state index in [1.165, 1.54) is 5.01 Å². The van der Waals surface area contributed by atoms with Crippen molar-refractivity contribution >= 4 is 22.9 Å². The van der Waals surface area contributed by atoms with E-state index in [0.29, 0.717) is 11.8 Å². The van der Waals surface area contributed by atoms with Crippen LogP contribution in [0.3, 0.4) is 0 Å². The van der Waals surface area contributed by atoms with Gasteiger partial charge >= 0.3 is 0 Å². The molecule has 1 aromatic rings. The highest BCUT2D eigenvalue weighted by Crippen LogP contribution is 2.25. The largest absolute Gasteiger partial charge is 0.144 e. The van der Waals surface area contributed by atoms with Gasteiger partial charge in [-0.2, -0.15) is 0 Å². The summed E-state index contributed by atoms with van der Waals surface area (Å²) in [4.78, 5) is 0. The van der Waals surface area contributed by atoms with Crippen LogP contribution in [0.4, 0.5) is 0 Å². The van der Waals surface area contributed by atoms with Crippen molar-refractivity contribution in [2.45, 2.75) is 39.0 Å². The SMILES string of the molecule is CCC(CC)c1nnc(CCCl)s1. The molecule has 13 heavy (non-hydrogen) atoms. The predicted octanol–water partition coefficient (Wildman–Crippen LogP) is 3.22. The molecule has 0 N–H and O–H groups in total. The molecule has 0 aromatic carbocycles. The molecule has 0 atom stereocenters. The lowest BCUT2D eigenvalue weighted by molar-refractivity contribution is 0.630. The Labute approximate surface area is 88.3 Å². The zero-order valence-corrected chi connectivity index (χ0v) is 9.66. The maximum absolute atomic E-state index is 5.63. The van der Waals surface area contributed by atoms with Gasteiger partial charge in [-0.15, -0.1) is 33.1 Å². The van der Waals surface area contributed by atoms with Crippen LogP contribution in [0, 0.1) is 0 Å². The van der Waals surface area contributed by atoms with Crippen molar-refractivity contribution in [1.82, 2.24) is 10.2 Å². The number of aromatic nitrogens is 2. The van der Waals surface area contributed by atoms with Gasteiger partial charge in [0, 0.05) is 18.2 Å². The summed E-state index contributed by atoms with van der Waals surface area (Å²) >= 11 is 7.34. The summed E-state index contributed by atoms with van der Waals surface area (Å²) in [6, 6.07) is 0. The van der Waals surface area contributed by atoms with Crippen LogP contribution in [0.2, 0.25) is 0 Å². The van der Waals surface area contributed by atoms with Gasteiger partial charge in [0.25, 0.3) is 0 Å². The molecule has 1 heterocycles. The quantitative estimate of drug-likeness (QED) is 0.710. The molecule has 0 radical (unpaired) electrons. The molecule has 0 bridgehead atoms. The molecule has 0 aliphatic rings. The molecule has 2 nitrogen and oxygen atoms in total. The van der Waals surface area contributed by atoms with E-state index in [-0.39, 0.29) is 0 Å². The highest BCUT2D eigenvalue weighted by Gasteiger charge is 2.12. The molecule has 0 aliphatic heterocycles. The highest BCUT2D eigenvalue weighted by atomic mass is 35.5. The van der Waals surface area contributed by atoms with Crippen LogP contribution < -0.4 is 0 Å². The summed E-state index contributed by atoms with van der Waals surface area (Å²) in [6.07, 6.45) is 3.14. The van der Waals surface area contributed by atoms with Gasteiger partial charge in [-0.1, -0.05) is 13.8 Å². The predicted molar refractivity (Wildman–Crippen MR) is 57.7 cm³/mol. The van der Waals surface area contributed by atoms with E-state index < -0.39 is 0 Å². The van der Waals surface area contributed by atoms with Gasteiger partial charge in [-0.3, -0.25) is 0 Å². The summed E-state index contributed by atoms with van der Waals surface area (Å²) in [5.41, 5.74) is 0. The number of aryl methyl sites for hydroxylation is 1. The fourth-order valence-electron chi connectivity index (χ4n) is 1.25. The van der Waals surface area contributed by atoms with Crippen LogP contribution in [0.1, 0.15) is 42.6 Å². The minimum atomic E-state index is 0.585. The van der Waals surface area contributed by atoms with Gasteiger partial charge in [0.2, 0.25) is 0 Å². The smallest absolute Gasteiger partial charge is 0.120 e. The average molecular weight is 219 g/mol. The fraction of sp³-hybridized carbons (Fsp3) is 0.778. The molecule has 0 aliphatic carbocycles. The van der Waals surface area contributed by atoms with Crippen LogP contribution in [0.25, 0.3) is 0 Å². The topological polar surface area (TPSA) is 25.8 Å². The van der Waals surface area contributed by atoms with Gasteiger partial charge in [0.15, 0.2) is 0 Å². The molecule has 0 unspecified atom stereocenters. The molecule has 0 saturated heterocycles. The first-order valence-electron chi connectivity index (χ1n) is 4.70. The summed E-state index contributed by atoms with van der Waals surface area (Å²) in [7, 11) is 0. The van der Waals surface area contributed by atoms with Crippen LogP contribution in [-0.2, 0) is 6.42 Å². The number of alkyl halides is 1. The van der Waals surface area contributed by atoms with Crippen LogP contribution in [-0.4, -0.2) is 16.1 Å². The van der Waals surface area contributed by atoms with E-state index in [0.717, 1.165) is 24.3 Å². The van der Waals surface area contributed by atoms with Crippen molar-refractivity contribution in [2.24, 2.45) is 0 Å². The molecular weight excluding hydrogens is 204 g/mol. The Morgan fingerprint density at radius 2 is 2.00 bits per heavy atom. The first-order chi connectivity index (χ1) is 6.31. The summed E-state index contributed by atoms with van der Waals surface area (Å²) < 4.78 is 0. The molecule has 0 fully saturated rings. The Morgan fingerprint density at radius 1 is 1.31 bits per heavy atom. The maximum atomic E-state index is 5.63. The zero-order chi connectivity index (χ0) is 9.68. The van der Waals surface area contributed by atoms with Crippen LogP contribution in [0.5, 0.6) is 0 Å². The lowest BCUT2D eigenvalue weighted by Gasteiger charge is -2.05. The van der Waals surface area contributed by atoms with Crippen molar-refractivity contribution in [3.05, 3.63) is 10.0 Å². The Balaban J connectivity index is 2.66. The third-order valence-corrected chi connectivity index (χ3v) is 3.46. The zero-order valence-electron chi connectivity index (χ0n) is 8.09. The molecular formula is C9H15ClN2S. The Morgan fingerprint density at radius 3 is 2.54 bits per heavy atom. The van der Waals surface area contributed by atoms with Crippen molar-refractivity contribution in [1.29, 1.82) is 0 Å². The van der Waals surface area contributed by atoms with Gasteiger partial charge in [0.1, 0.15) is 10.0 Å². The maximum Gasteiger partial charge on any atom is 0.120 e. The third kappa shape index (κ3) is 2.92. The monoisotopic (exact) mass is 218 g/mol. The molecule has 74 valence electrons. The van der Waals surface area contributed by atoms with E-state index in [9.17, 15) is 0 Å². The molecule has 4 heteroatoms. The van der Waals surface area contributed by atoms with Crippen molar-refractivity contribution in [3.8, 4) is 0 Å². The van der Waals surface area contributed by atoms with E-state index in [1.807, 2.05) is 0 Å².